The van der Waals surface area contributed by atoms with Crippen molar-refractivity contribution in [2.24, 2.45) is 17.3 Å². The highest BCUT2D eigenvalue weighted by molar-refractivity contribution is 7.18. The summed E-state index contributed by atoms with van der Waals surface area (Å²) in [7, 11) is 0. The SMILES string of the molecule is Cc1nc2ccc(-c3cccc(N(CC45CCC(c6nnc(C7CC7)o6)(CC4)CC5)C(=O)C4CC(C)C4)c3)cc2s1. The van der Waals surface area contributed by atoms with Crippen LogP contribution in [0.15, 0.2) is 46.9 Å². The molecule has 0 N–H and O–H groups in total. The smallest absolute Gasteiger partial charge is 0.230 e. The Morgan fingerprint density at radius 2 is 1.76 bits per heavy atom. The quantitative estimate of drug-likeness (QED) is 0.225. The second-order valence-electron chi connectivity index (χ2n) is 13.7. The molecule has 2 aromatic carbocycles. The fourth-order valence-electron chi connectivity index (χ4n) is 7.79. The first-order valence-electron chi connectivity index (χ1n) is 15.5. The predicted molar refractivity (Wildman–Crippen MR) is 162 cm³/mol. The zero-order valence-corrected chi connectivity index (χ0v) is 24.9. The van der Waals surface area contributed by atoms with Gasteiger partial charge in [0, 0.05) is 29.5 Å². The molecule has 0 spiro atoms. The van der Waals surface area contributed by atoms with Crippen LogP contribution in [0.25, 0.3) is 21.3 Å². The molecule has 5 aliphatic carbocycles. The third-order valence-electron chi connectivity index (χ3n) is 10.7. The fraction of sp³-hybridized carbons (Fsp3) is 0.529. The number of carbonyl (C=O) groups excluding carboxylic acids is 1. The van der Waals surface area contributed by atoms with Gasteiger partial charge in [-0.2, -0.15) is 0 Å². The lowest BCUT2D eigenvalue weighted by molar-refractivity contribution is -0.126. The average molecular weight is 567 g/mol. The largest absolute Gasteiger partial charge is 0.424 e. The third kappa shape index (κ3) is 4.52. The second kappa shape index (κ2) is 9.48. The van der Waals surface area contributed by atoms with Gasteiger partial charge in [-0.25, -0.2) is 4.98 Å². The molecule has 2 heterocycles. The van der Waals surface area contributed by atoms with E-state index in [4.69, 9.17) is 4.42 Å². The minimum absolute atomic E-state index is 0.0354. The van der Waals surface area contributed by atoms with Gasteiger partial charge in [-0.05, 0) is 118 Å². The van der Waals surface area contributed by atoms with E-state index in [9.17, 15) is 4.79 Å². The van der Waals surface area contributed by atoms with E-state index in [0.29, 0.717) is 17.7 Å². The van der Waals surface area contributed by atoms with Crippen LogP contribution >= 0.6 is 11.3 Å². The summed E-state index contributed by atoms with van der Waals surface area (Å²) < 4.78 is 7.45. The van der Waals surface area contributed by atoms with Gasteiger partial charge in [0.15, 0.2) is 0 Å². The first-order valence-corrected chi connectivity index (χ1v) is 16.3. The van der Waals surface area contributed by atoms with Crippen molar-refractivity contribution >= 4 is 33.1 Å². The Morgan fingerprint density at radius 1 is 1.00 bits per heavy atom. The lowest BCUT2D eigenvalue weighted by Crippen LogP contribution is -2.52. The zero-order chi connectivity index (χ0) is 27.8. The molecule has 41 heavy (non-hydrogen) atoms. The molecule has 5 aliphatic rings. The number of nitrogens with zero attached hydrogens (tertiary/aromatic N) is 4. The molecular weight excluding hydrogens is 528 g/mol. The lowest BCUT2D eigenvalue weighted by Gasteiger charge is -2.53. The van der Waals surface area contributed by atoms with E-state index < -0.39 is 0 Å². The molecule has 5 fully saturated rings. The number of fused-ring (bicyclic) bond motifs is 4. The molecule has 9 rings (SSSR count). The van der Waals surface area contributed by atoms with Gasteiger partial charge in [-0.1, -0.05) is 25.1 Å². The highest BCUT2D eigenvalue weighted by Crippen LogP contribution is 2.58. The summed E-state index contributed by atoms with van der Waals surface area (Å²) in [6.07, 6.45) is 11.0. The standard InChI is InChI=1S/C34H38N4O2S/c1-21-16-26(17-21)31(39)38(27-5-3-4-24(18-27)25-8-9-28-29(19-25)41-22(2)35-28)20-33-10-13-34(14-11-33,15-12-33)32-37-36-30(40-32)23-6-7-23/h3-5,8-9,18-19,21,23,26H,6-7,10-17,20H2,1-2H3. The molecule has 0 radical (unpaired) electrons. The van der Waals surface area contributed by atoms with Gasteiger partial charge in [0.05, 0.1) is 15.2 Å². The van der Waals surface area contributed by atoms with Crippen molar-refractivity contribution in [1.29, 1.82) is 0 Å². The Hall–Kier alpha value is -3.06. The van der Waals surface area contributed by atoms with E-state index in [1.165, 1.54) is 23.1 Å². The van der Waals surface area contributed by atoms with Crippen LogP contribution in [0.5, 0.6) is 0 Å². The molecule has 4 aromatic rings. The van der Waals surface area contributed by atoms with Crippen LogP contribution in [-0.2, 0) is 10.2 Å². The van der Waals surface area contributed by atoms with Gasteiger partial charge in [-0.15, -0.1) is 21.5 Å². The molecule has 2 bridgehead atoms. The summed E-state index contributed by atoms with van der Waals surface area (Å²) in [4.78, 5) is 20.9. The van der Waals surface area contributed by atoms with Crippen LogP contribution in [0, 0.1) is 24.2 Å². The number of rotatable bonds is 7. The number of thiazole rings is 1. The van der Waals surface area contributed by atoms with Crippen molar-refractivity contribution in [3.05, 3.63) is 59.3 Å². The number of benzene rings is 2. The van der Waals surface area contributed by atoms with Crippen molar-refractivity contribution in [1.82, 2.24) is 15.2 Å². The molecule has 0 atom stereocenters. The van der Waals surface area contributed by atoms with Crippen LogP contribution in [0.2, 0.25) is 0 Å². The first kappa shape index (κ1) is 25.6. The minimum atomic E-state index is 0.0354. The topological polar surface area (TPSA) is 72.1 Å². The van der Waals surface area contributed by atoms with Crippen LogP contribution < -0.4 is 4.90 Å². The summed E-state index contributed by atoms with van der Waals surface area (Å²) >= 11 is 1.73. The van der Waals surface area contributed by atoms with Gasteiger partial charge >= 0.3 is 0 Å². The molecule has 6 nitrogen and oxygen atoms in total. The number of hydrogen-bond acceptors (Lipinski definition) is 6. The van der Waals surface area contributed by atoms with Gasteiger partial charge < -0.3 is 9.32 Å². The van der Waals surface area contributed by atoms with Gasteiger partial charge in [0.25, 0.3) is 0 Å². The lowest BCUT2D eigenvalue weighted by atomic mass is 9.53. The summed E-state index contributed by atoms with van der Waals surface area (Å²) in [5.41, 5.74) is 4.61. The maximum Gasteiger partial charge on any atom is 0.230 e. The number of aromatic nitrogens is 3. The Labute approximate surface area is 245 Å². The number of anilines is 1. The van der Waals surface area contributed by atoms with Gasteiger partial charge in [-0.3, -0.25) is 4.79 Å². The first-order chi connectivity index (χ1) is 19.9. The van der Waals surface area contributed by atoms with E-state index in [0.717, 1.165) is 91.5 Å². The van der Waals surface area contributed by atoms with Crippen molar-refractivity contribution in [3.63, 3.8) is 0 Å². The number of carbonyl (C=O) groups is 1. The molecule has 5 saturated carbocycles. The van der Waals surface area contributed by atoms with Crippen molar-refractivity contribution in [2.45, 2.75) is 89.4 Å². The summed E-state index contributed by atoms with van der Waals surface area (Å²) in [5.74, 6) is 3.34. The Morgan fingerprint density at radius 3 is 2.49 bits per heavy atom. The van der Waals surface area contributed by atoms with E-state index in [-0.39, 0.29) is 16.7 Å². The average Bonchev–Trinajstić information content (AvgIpc) is 3.57. The Kier molecular flexibility index (Phi) is 5.93. The highest BCUT2D eigenvalue weighted by atomic mass is 32.1. The van der Waals surface area contributed by atoms with Crippen LogP contribution in [0.3, 0.4) is 0 Å². The molecule has 1 amide bonds. The molecule has 0 saturated heterocycles. The van der Waals surface area contributed by atoms with Crippen molar-refractivity contribution < 1.29 is 9.21 Å². The normalized spacial score (nSPS) is 29.0. The number of amides is 1. The highest BCUT2D eigenvalue weighted by Gasteiger charge is 2.53. The minimum Gasteiger partial charge on any atom is -0.424 e. The van der Waals surface area contributed by atoms with Gasteiger partial charge in [0.1, 0.15) is 0 Å². The maximum atomic E-state index is 14.1. The summed E-state index contributed by atoms with van der Waals surface area (Å²) in [5, 5.41) is 10.0. The van der Waals surface area contributed by atoms with Crippen LogP contribution in [0.1, 0.15) is 93.8 Å². The Bertz CT molecular complexity index is 1600. The molecule has 0 unspecified atom stereocenters. The molecule has 2 aromatic heterocycles. The fourth-order valence-corrected chi connectivity index (χ4v) is 8.66. The Balaban J connectivity index is 1.07. The number of hydrogen-bond donors (Lipinski definition) is 0. The van der Waals surface area contributed by atoms with E-state index >= 15 is 0 Å². The van der Waals surface area contributed by atoms with E-state index in [1.54, 1.807) is 11.3 Å². The number of aryl methyl sites for hydroxylation is 1. The summed E-state index contributed by atoms with van der Waals surface area (Å²) in [6, 6.07) is 15.2. The third-order valence-corrected chi connectivity index (χ3v) is 11.6. The van der Waals surface area contributed by atoms with Crippen molar-refractivity contribution in [3.8, 4) is 11.1 Å². The maximum absolute atomic E-state index is 14.1. The van der Waals surface area contributed by atoms with Crippen LogP contribution in [-0.4, -0.2) is 27.6 Å². The van der Waals surface area contributed by atoms with Crippen molar-refractivity contribution in [2.75, 3.05) is 11.4 Å². The zero-order valence-electron chi connectivity index (χ0n) is 24.1. The van der Waals surface area contributed by atoms with E-state index in [2.05, 4.69) is 76.4 Å². The van der Waals surface area contributed by atoms with E-state index in [1.807, 2.05) is 0 Å². The molecule has 0 aliphatic heterocycles. The second-order valence-corrected chi connectivity index (χ2v) is 14.9. The predicted octanol–water partition coefficient (Wildman–Crippen LogP) is 8.20. The molecule has 7 heteroatoms. The van der Waals surface area contributed by atoms with Crippen LogP contribution in [0.4, 0.5) is 5.69 Å². The summed E-state index contributed by atoms with van der Waals surface area (Å²) in [6.45, 7) is 5.13. The monoisotopic (exact) mass is 566 g/mol. The van der Waals surface area contributed by atoms with Gasteiger partial charge in [0.2, 0.25) is 17.7 Å². The molecule has 212 valence electrons. The molecular formula is C34H38N4O2S.